The van der Waals surface area contributed by atoms with Gasteiger partial charge in [0, 0.05) is 29.6 Å². The van der Waals surface area contributed by atoms with E-state index in [1.54, 1.807) is 0 Å². The van der Waals surface area contributed by atoms with E-state index in [1.807, 2.05) is 55.5 Å². The van der Waals surface area contributed by atoms with Crippen molar-refractivity contribution >= 4 is 23.4 Å². The number of piperidine rings is 1. The first-order valence-corrected chi connectivity index (χ1v) is 11.9. The number of nitrogens with one attached hydrogen (secondary N) is 2. The second-order valence-electron chi connectivity index (χ2n) is 9.34. The predicted octanol–water partition coefficient (Wildman–Crippen LogP) is 3.66. The molecular weight excluding hydrogens is 422 g/mol. The number of hydrogen-bond acceptors (Lipinski definition) is 3. The Bertz CT molecular complexity index is 931. The highest BCUT2D eigenvalue weighted by molar-refractivity contribution is 6.30. The zero-order valence-electron chi connectivity index (χ0n) is 18.8. The van der Waals surface area contributed by atoms with E-state index < -0.39 is 6.04 Å². The molecule has 32 heavy (non-hydrogen) atoms. The summed E-state index contributed by atoms with van der Waals surface area (Å²) >= 11 is 6.02. The summed E-state index contributed by atoms with van der Waals surface area (Å²) in [7, 11) is 2.19. The third-order valence-electron chi connectivity index (χ3n) is 6.93. The molecule has 4 rings (SSSR count). The molecule has 2 heterocycles. The molecule has 6 heteroatoms. The van der Waals surface area contributed by atoms with Crippen molar-refractivity contribution in [2.75, 3.05) is 7.05 Å². The minimum Gasteiger partial charge on any atom is -0.351 e. The van der Waals surface area contributed by atoms with Crippen molar-refractivity contribution in [2.24, 2.45) is 0 Å². The lowest BCUT2D eigenvalue weighted by Crippen LogP contribution is -2.54. The number of carbonyl (C=O) groups is 2. The van der Waals surface area contributed by atoms with Crippen LogP contribution in [0.3, 0.4) is 0 Å². The molecule has 4 atom stereocenters. The largest absolute Gasteiger partial charge is 0.351 e. The molecule has 0 aliphatic carbocycles. The van der Waals surface area contributed by atoms with Gasteiger partial charge in [-0.15, -0.1) is 0 Å². The van der Waals surface area contributed by atoms with E-state index in [0.29, 0.717) is 23.5 Å². The van der Waals surface area contributed by atoms with Crippen LogP contribution >= 0.6 is 11.6 Å². The van der Waals surface area contributed by atoms with Crippen molar-refractivity contribution in [3.05, 3.63) is 70.2 Å². The SMILES string of the molecule is Cc1ccc(CC(=O)N[C@H](Cc2ccc(Cl)cc2)C(=O)NC2C[C@H]3CC[C@@H](C2)N3C)cc1. The van der Waals surface area contributed by atoms with E-state index in [0.717, 1.165) is 29.5 Å². The Morgan fingerprint density at radius 2 is 1.59 bits per heavy atom. The maximum Gasteiger partial charge on any atom is 0.243 e. The minimum absolute atomic E-state index is 0.105. The lowest BCUT2D eigenvalue weighted by molar-refractivity contribution is -0.129. The van der Waals surface area contributed by atoms with Crippen LogP contribution in [0.25, 0.3) is 0 Å². The summed E-state index contributed by atoms with van der Waals surface area (Å²) in [6.45, 7) is 2.02. The van der Waals surface area contributed by atoms with Crippen molar-refractivity contribution in [1.29, 1.82) is 0 Å². The zero-order valence-corrected chi connectivity index (χ0v) is 19.6. The summed E-state index contributed by atoms with van der Waals surface area (Å²) in [4.78, 5) is 28.5. The third-order valence-corrected chi connectivity index (χ3v) is 7.19. The lowest BCUT2D eigenvalue weighted by atomic mass is 9.97. The van der Waals surface area contributed by atoms with Gasteiger partial charge in [-0.2, -0.15) is 0 Å². The van der Waals surface area contributed by atoms with E-state index in [2.05, 4.69) is 22.6 Å². The van der Waals surface area contributed by atoms with Gasteiger partial charge in [-0.05, 0) is 62.9 Å². The second kappa shape index (κ2) is 10.1. The minimum atomic E-state index is -0.619. The number of benzene rings is 2. The number of halogens is 1. The molecule has 2 aliphatic rings. The van der Waals surface area contributed by atoms with Gasteiger partial charge in [-0.25, -0.2) is 0 Å². The quantitative estimate of drug-likeness (QED) is 0.672. The Morgan fingerprint density at radius 1 is 1.00 bits per heavy atom. The molecule has 0 aromatic heterocycles. The highest BCUT2D eigenvalue weighted by Gasteiger charge is 2.39. The van der Waals surface area contributed by atoms with E-state index in [1.165, 1.54) is 12.8 Å². The highest BCUT2D eigenvalue weighted by Crippen LogP contribution is 2.34. The summed E-state index contributed by atoms with van der Waals surface area (Å²) < 4.78 is 0. The van der Waals surface area contributed by atoms with E-state index in [-0.39, 0.29) is 24.3 Å². The number of hydrogen-bond donors (Lipinski definition) is 2. The van der Waals surface area contributed by atoms with Crippen LogP contribution in [0.15, 0.2) is 48.5 Å². The molecule has 0 radical (unpaired) electrons. The van der Waals surface area contributed by atoms with Crippen LogP contribution < -0.4 is 10.6 Å². The van der Waals surface area contributed by atoms with Gasteiger partial charge in [0.15, 0.2) is 0 Å². The molecule has 2 N–H and O–H groups in total. The first-order chi connectivity index (χ1) is 15.4. The smallest absolute Gasteiger partial charge is 0.243 e. The van der Waals surface area contributed by atoms with Gasteiger partial charge < -0.3 is 15.5 Å². The summed E-state index contributed by atoms with van der Waals surface area (Å²) in [5.74, 6) is -0.252. The lowest BCUT2D eigenvalue weighted by Gasteiger charge is -2.37. The number of fused-ring (bicyclic) bond motifs is 2. The van der Waals surface area contributed by atoms with Crippen LogP contribution in [-0.2, 0) is 22.4 Å². The maximum absolute atomic E-state index is 13.3. The standard InChI is InChI=1S/C26H32ClN3O2/c1-17-3-5-19(6-4-17)14-25(31)29-24(13-18-7-9-20(27)10-8-18)26(32)28-21-15-22-11-12-23(16-21)30(22)2/h3-10,21-24H,11-16H2,1-2H3,(H,28,32)(H,29,31)/t21?,22-,23+,24-/m1/s1. The van der Waals surface area contributed by atoms with Gasteiger partial charge in [0.25, 0.3) is 0 Å². The molecule has 2 aliphatic heterocycles. The molecule has 0 spiro atoms. The van der Waals surface area contributed by atoms with Crippen LogP contribution in [-0.4, -0.2) is 47.9 Å². The Kier molecular flexibility index (Phi) is 7.17. The molecule has 2 bridgehead atoms. The fraction of sp³-hybridized carbons (Fsp3) is 0.462. The normalized spacial score (nSPS) is 23.5. The third kappa shape index (κ3) is 5.70. The van der Waals surface area contributed by atoms with Gasteiger partial charge >= 0.3 is 0 Å². The van der Waals surface area contributed by atoms with Gasteiger partial charge in [0.2, 0.25) is 11.8 Å². The van der Waals surface area contributed by atoms with Crippen molar-refractivity contribution in [1.82, 2.24) is 15.5 Å². The zero-order chi connectivity index (χ0) is 22.7. The molecule has 2 amide bonds. The van der Waals surface area contributed by atoms with E-state index >= 15 is 0 Å². The molecule has 2 fully saturated rings. The Balaban J connectivity index is 1.42. The summed E-state index contributed by atoms with van der Waals surface area (Å²) in [6, 6.07) is 16.0. The Morgan fingerprint density at radius 3 is 2.22 bits per heavy atom. The Hall–Kier alpha value is -2.37. The van der Waals surface area contributed by atoms with Gasteiger partial charge in [-0.1, -0.05) is 53.6 Å². The predicted molar refractivity (Wildman–Crippen MR) is 128 cm³/mol. The number of amides is 2. The number of rotatable bonds is 7. The van der Waals surface area contributed by atoms with Crippen LogP contribution in [0, 0.1) is 6.92 Å². The summed E-state index contributed by atoms with van der Waals surface area (Å²) in [6.07, 6.45) is 5.04. The fourth-order valence-corrected chi connectivity index (χ4v) is 5.16. The summed E-state index contributed by atoms with van der Waals surface area (Å²) in [5, 5.41) is 6.88. The number of nitrogens with zero attached hydrogens (tertiary/aromatic N) is 1. The summed E-state index contributed by atoms with van der Waals surface area (Å²) in [5.41, 5.74) is 3.06. The maximum atomic E-state index is 13.3. The molecule has 170 valence electrons. The molecule has 0 saturated carbocycles. The van der Waals surface area contributed by atoms with Gasteiger partial charge in [0.05, 0.1) is 6.42 Å². The van der Waals surface area contributed by atoms with Gasteiger partial charge in [-0.3, -0.25) is 9.59 Å². The monoisotopic (exact) mass is 453 g/mol. The molecule has 1 unspecified atom stereocenters. The van der Waals surface area contributed by atoms with Crippen molar-refractivity contribution in [3.8, 4) is 0 Å². The van der Waals surface area contributed by atoms with Crippen molar-refractivity contribution < 1.29 is 9.59 Å². The molecule has 5 nitrogen and oxygen atoms in total. The van der Waals surface area contributed by atoms with Crippen molar-refractivity contribution in [3.63, 3.8) is 0 Å². The first kappa shape index (κ1) is 22.8. The van der Waals surface area contributed by atoms with Crippen molar-refractivity contribution in [2.45, 2.75) is 69.6 Å². The van der Waals surface area contributed by atoms with Crippen LogP contribution in [0.1, 0.15) is 42.4 Å². The van der Waals surface area contributed by atoms with Gasteiger partial charge in [0.1, 0.15) is 6.04 Å². The number of carbonyl (C=O) groups excluding carboxylic acids is 2. The van der Waals surface area contributed by atoms with E-state index in [4.69, 9.17) is 11.6 Å². The average Bonchev–Trinajstić information content (AvgIpc) is 2.97. The van der Waals surface area contributed by atoms with Crippen LogP contribution in [0.4, 0.5) is 0 Å². The molecule has 2 saturated heterocycles. The molecular formula is C26H32ClN3O2. The molecule has 2 aromatic rings. The highest BCUT2D eigenvalue weighted by atomic mass is 35.5. The average molecular weight is 454 g/mol. The van der Waals surface area contributed by atoms with Crippen LogP contribution in [0.5, 0.6) is 0 Å². The van der Waals surface area contributed by atoms with Crippen LogP contribution in [0.2, 0.25) is 5.02 Å². The molecule has 2 aromatic carbocycles. The first-order valence-electron chi connectivity index (χ1n) is 11.5. The second-order valence-corrected chi connectivity index (χ2v) is 9.78. The van der Waals surface area contributed by atoms with E-state index in [9.17, 15) is 9.59 Å². The fourth-order valence-electron chi connectivity index (χ4n) is 5.03. The topological polar surface area (TPSA) is 61.4 Å². The Labute approximate surface area is 195 Å². The number of aryl methyl sites for hydroxylation is 1.